The van der Waals surface area contributed by atoms with E-state index in [4.69, 9.17) is 14.5 Å². The molecule has 7 rings (SSSR count). The van der Waals surface area contributed by atoms with E-state index >= 15 is 0 Å². The number of methoxy groups -OCH3 is 1. The van der Waals surface area contributed by atoms with Crippen LogP contribution in [0.5, 0.6) is 11.6 Å². The van der Waals surface area contributed by atoms with Crippen molar-refractivity contribution in [1.82, 2.24) is 24.8 Å². The summed E-state index contributed by atoms with van der Waals surface area (Å²) < 4.78 is 74.6. The van der Waals surface area contributed by atoms with Crippen LogP contribution in [0.25, 0.3) is 10.8 Å². The molecule has 6 atom stereocenters. The van der Waals surface area contributed by atoms with E-state index in [1.165, 1.54) is 0 Å². The van der Waals surface area contributed by atoms with Crippen molar-refractivity contribution in [2.45, 2.75) is 121 Å². The number of alkyl halides is 3. The van der Waals surface area contributed by atoms with Crippen LogP contribution in [0.3, 0.4) is 0 Å². The molecule has 4 fully saturated rings. The molecule has 362 valence electrons. The number of nitrogens with two attached hydrogens (primary N) is 1. The number of hydrogen-bond acceptors (Lipinski definition) is 12. The van der Waals surface area contributed by atoms with Crippen LogP contribution in [0.2, 0.25) is 0 Å². The number of anilines is 1. The SMILES string of the molecule is CC(C)(OC(N)=O)C(F)(F)F.CC1(S(=O)(=O)NC=O)CC1.COc1ccc2c(O[C@@H]3C[C@H]4C(=O)N[C@@H]5C[C@H]5/C=C\CC[C@@H](C)C[C@@H](C)CC(=O)N4C3)ncc(N3CCN(C)CC3)c2c1.[HH].[HH].[HH]. The number of rotatable bonds is 8. The molecular weight excluding hydrogens is 860 g/mol. The zero-order valence-electron chi connectivity index (χ0n) is 37.8. The molecule has 0 spiro atoms. The fraction of sp³-hybridized carbons (Fsp3) is 0.659. The van der Waals surface area contributed by atoms with Crippen molar-refractivity contribution in [1.29, 1.82) is 0 Å². The van der Waals surface area contributed by atoms with Crippen LogP contribution >= 0.6 is 0 Å². The van der Waals surface area contributed by atoms with E-state index in [1.807, 2.05) is 23.1 Å². The third-order valence-corrected chi connectivity index (χ3v) is 14.7. The number of hydrogen-bond donors (Lipinski definition) is 3. The molecule has 1 aromatic heterocycles. The Balaban J connectivity index is 0.000000534. The van der Waals surface area contributed by atoms with E-state index in [-0.39, 0.29) is 40.6 Å². The highest BCUT2D eigenvalue weighted by molar-refractivity contribution is 7.91. The number of primary amides is 1. The van der Waals surface area contributed by atoms with E-state index in [9.17, 15) is 40.8 Å². The van der Waals surface area contributed by atoms with Gasteiger partial charge in [0.2, 0.25) is 39.7 Å². The van der Waals surface area contributed by atoms with Gasteiger partial charge in [-0.3, -0.25) is 19.1 Å². The average molecular weight is 930 g/mol. The first-order valence-electron chi connectivity index (χ1n) is 21.8. The van der Waals surface area contributed by atoms with Gasteiger partial charge < -0.3 is 40.0 Å². The number of piperazine rings is 1. The van der Waals surface area contributed by atoms with Crippen LogP contribution in [0, 0.1) is 17.8 Å². The van der Waals surface area contributed by atoms with Crippen molar-refractivity contribution in [2.24, 2.45) is 23.5 Å². The van der Waals surface area contributed by atoms with Gasteiger partial charge >= 0.3 is 12.3 Å². The Morgan fingerprint density at radius 3 is 2.34 bits per heavy atom. The topological polar surface area (TPSA) is 203 Å². The predicted octanol–water partition coefficient (Wildman–Crippen LogP) is 6.03. The summed E-state index contributed by atoms with van der Waals surface area (Å²) >= 11 is 0. The molecule has 4 N–H and O–H groups in total. The van der Waals surface area contributed by atoms with Crippen molar-refractivity contribution >= 4 is 50.8 Å². The molecule has 16 nitrogen and oxygen atoms in total. The molecule has 2 aromatic rings. The molecule has 20 heteroatoms. The van der Waals surface area contributed by atoms with Gasteiger partial charge in [-0.1, -0.05) is 26.0 Å². The number of nitrogens with one attached hydrogen (secondary N) is 2. The maximum Gasteiger partial charge on any atom is 0.427 e. The minimum atomic E-state index is -4.60. The van der Waals surface area contributed by atoms with Gasteiger partial charge in [0.25, 0.3) is 0 Å². The second-order valence-electron chi connectivity index (χ2n) is 18.5. The lowest BCUT2D eigenvalue weighted by Gasteiger charge is -2.34. The monoisotopic (exact) mass is 929 g/mol. The molecule has 0 unspecified atom stereocenters. The van der Waals surface area contributed by atoms with Gasteiger partial charge in [-0.25, -0.2) is 18.2 Å². The largest absolute Gasteiger partial charge is 0.497 e. The summed E-state index contributed by atoms with van der Waals surface area (Å²) in [5.41, 5.74) is 2.97. The summed E-state index contributed by atoms with van der Waals surface area (Å²) in [5, 5.41) is 5.17. The van der Waals surface area contributed by atoms with E-state index in [1.54, 1.807) is 18.9 Å². The normalized spacial score (nSPS) is 26.7. The zero-order valence-corrected chi connectivity index (χ0v) is 38.6. The van der Waals surface area contributed by atoms with Gasteiger partial charge in [0.1, 0.15) is 17.9 Å². The van der Waals surface area contributed by atoms with Gasteiger partial charge in [-0.05, 0) is 102 Å². The van der Waals surface area contributed by atoms with Gasteiger partial charge in [-0.2, -0.15) is 13.2 Å². The number of allylic oxidation sites excluding steroid dienone is 1. The van der Waals surface area contributed by atoms with Crippen LogP contribution in [0.1, 0.15) is 90.3 Å². The van der Waals surface area contributed by atoms with E-state index in [0.717, 1.165) is 87.9 Å². The molecule has 3 aliphatic heterocycles. The third kappa shape index (κ3) is 12.9. The summed E-state index contributed by atoms with van der Waals surface area (Å²) in [6.07, 6.45) is 6.65. The van der Waals surface area contributed by atoms with Crippen molar-refractivity contribution in [2.75, 3.05) is 51.8 Å². The number of ether oxygens (including phenoxy) is 3. The Hall–Kier alpha value is -4.85. The first-order valence-corrected chi connectivity index (χ1v) is 23.3. The van der Waals surface area contributed by atoms with Crippen LogP contribution in [-0.2, 0) is 29.1 Å². The third-order valence-electron chi connectivity index (χ3n) is 12.6. The Kier molecular flexibility index (Phi) is 16.1. The second-order valence-corrected chi connectivity index (χ2v) is 20.7. The van der Waals surface area contributed by atoms with Gasteiger partial charge in [0, 0.05) is 60.1 Å². The Morgan fingerprint density at radius 1 is 1.06 bits per heavy atom. The number of carbonyl (C=O) groups excluding carboxylic acids is 4. The highest BCUT2D eigenvalue weighted by Gasteiger charge is 2.51. The summed E-state index contributed by atoms with van der Waals surface area (Å²) in [6, 6.07) is 5.61. The van der Waals surface area contributed by atoms with Crippen LogP contribution in [0.15, 0.2) is 36.5 Å². The van der Waals surface area contributed by atoms with Crippen LogP contribution < -0.4 is 30.1 Å². The standard InChI is InChI=1S/C34H47N5O4.C5H8F3NO2.C5H9NO3S.3H2/c1-22-7-5-6-8-24-17-29(24)36-33(41)30-19-26(21-39(30)32(40)16-23(2)15-22)43-34-27-10-9-25(42-4)18-28(27)31(20-35-34)38-13-11-37(3)12-14-38;1-4(2,5(6,7)8)11-3(9)10;1-5(2-3-5)10(8,9)6-4-7;;;/h6,8-10,18,20,22-24,26,29-30H,5,7,11-17,19,21H2,1-4H3,(H,36,41);1-2H3,(H2,9,10);4H,2-3H2,1H3,(H,6,7);3*1H/b8-6-;;;;;/t22-,23-,24-,26-,29-,30+;;;;;/m1...../s1. The molecule has 0 bridgehead atoms. The maximum absolute atomic E-state index is 13.7. The number of nitrogens with zero attached hydrogens (tertiary/aromatic N) is 4. The fourth-order valence-electron chi connectivity index (χ4n) is 8.05. The van der Waals surface area contributed by atoms with Crippen LogP contribution in [-0.4, -0.2) is 129 Å². The maximum atomic E-state index is 13.7. The minimum Gasteiger partial charge on any atom is -0.497 e. The average Bonchev–Trinajstić information content (AvgIpc) is 4.11. The first-order chi connectivity index (χ1) is 30.0. The number of halogens is 3. The second kappa shape index (κ2) is 20.5. The number of fused-ring (bicyclic) bond motifs is 3. The summed E-state index contributed by atoms with van der Waals surface area (Å²) in [4.78, 5) is 58.3. The quantitative estimate of drug-likeness (QED) is 0.205. The molecule has 1 aromatic carbocycles. The summed E-state index contributed by atoms with van der Waals surface area (Å²) in [5.74, 6) is 2.51. The molecule has 0 radical (unpaired) electrons. The Labute approximate surface area is 378 Å². The van der Waals surface area contributed by atoms with Gasteiger partial charge in [0.05, 0.1) is 30.3 Å². The summed E-state index contributed by atoms with van der Waals surface area (Å²) in [7, 11) is 0.473. The van der Waals surface area contributed by atoms with E-state index < -0.39 is 38.7 Å². The van der Waals surface area contributed by atoms with E-state index in [0.29, 0.717) is 49.9 Å². The molecule has 2 saturated carbocycles. The lowest BCUT2D eigenvalue weighted by atomic mass is 9.91. The summed E-state index contributed by atoms with van der Waals surface area (Å²) in [6.45, 7) is 11.7. The number of likely N-dealkylation sites (N-methyl/N-ethyl adjacent to an activating group) is 1. The first kappa shape index (κ1) is 50.2. The van der Waals surface area contributed by atoms with Crippen LogP contribution in [0.4, 0.5) is 23.7 Å². The molecule has 4 heterocycles. The van der Waals surface area contributed by atoms with Gasteiger partial charge in [0.15, 0.2) is 0 Å². The molecule has 64 heavy (non-hydrogen) atoms. The van der Waals surface area contributed by atoms with Crippen molar-refractivity contribution in [3.05, 3.63) is 36.5 Å². The van der Waals surface area contributed by atoms with Crippen molar-refractivity contribution < 1.29 is 59.3 Å². The molecular formula is C44H70F3N7O9S. The molecule has 5 aliphatic rings. The minimum absolute atomic E-state index is 0. The van der Waals surface area contributed by atoms with Crippen molar-refractivity contribution in [3.8, 4) is 11.6 Å². The van der Waals surface area contributed by atoms with E-state index in [2.05, 4.69) is 64.7 Å². The number of carbonyl (C=O) groups is 4. The number of sulfonamides is 1. The molecule has 2 saturated heterocycles. The smallest absolute Gasteiger partial charge is 0.427 e. The molecule has 4 amide bonds. The highest BCUT2D eigenvalue weighted by atomic mass is 32.2. The zero-order chi connectivity index (χ0) is 47.2. The van der Waals surface area contributed by atoms with Gasteiger partial charge in [-0.15, -0.1) is 0 Å². The lowest BCUT2D eigenvalue weighted by Crippen LogP contribution is -2.47. The number of aromatic nitrogens is 1. The molecule has 2 aliphatic carbocycles. The Morgan fingerprint density at radius 2 is 1.75 bits per heavy atom. The number of amides is 4. The number of benzene rings is 1. The highest BCUT2D eigenvalue weighted by Crippen LogP contribution is 2.42. The predicted molar refractivity (Wildman–Crippen MR) is 241 cm³/mol. The van der Waals surface area contributed by atoms with Crippen molar-refractivity contribution in [3.63, 3.8) is 0 Å². The lowest BCUT2D eigenvalue weighted by molar-refractivity contribution is -0.243. The number of pyridine rings is 1. The fourth-order valence-corrected chi connectivity index (χ4v) is 9.10. The Bertz CT molecular complexity index is 2150.